The first kappa shape index (κ1) is 16.2. The monoisotopic (exact) mass is 248 g/mol. The molecule has 0 atom stereocenters. The first-order valence-electron chi connectivity index (χ1n) is 4.45. The molecule has 0 aromatic carbocycles. The van der Waals surface area contributed by atoms with E-state index in [4.69, 9.17) is 23.2 Å². The normalized spacial score (nSPS) is 9.69. The molecular weight excluding hydrogens is 230 g/mol. The number of rotatable bonds is 9. The van der Waals surface area contributed by atoms with Crippen molar-refractivity contribution in [2.75, 3.05) is 37.9 Å². The van der Waals surface area contributed by atoms with Crippen molar-refractivity contribution in [3.8, 4) is 0 Å². The summed E-state index contributed by atoms with van der Waals surface area (Å²) in [5.74, 6) is 1.40. The Labute approximate surface area is 97.2 Å². The van der Waals surface area contributed by atoms with E-state index in [0.717, 1.165) is 26.2 Å². The van der Waals surface area contributed by atoms with Crippen molar-refractivity contribution >= 4 is 35.6 Å². The van der Waals surface area contributed by atoms with E-state index in [1.54, 1.807) is 0 Å². The van der Waals surface area contributed by atoms with Crippen LogP contribution in [0.15, 0.2) is 0 Å². The van der Waals surface area contributed by atoms with E-state index >= 15 is 0 Å². The molecule has 0 aromatic heterocycles. The van der Waals surface area contributed by atoms with Crippen LogP contribution in [0.4, 0.5) is 0 Å². The molecule has 2 N–H and O–H groups in total. The Morgan fingerprint density at radius 3 is 1.38 bits per heavy atom. The zero-order valence-corrected chi connectivity index (χ0v) is 10.1. The molecule has 0 heterocycles. The van der Waals surface area contributed by atoms with Gasteiger partial charge in [0.25, 0.3) is 0 Å². The van der Waals surface area contributed by atoms with Gasteiger partial charge in [-0.1, -0.05) is 0 Å². The van der Waals surface area contributed by atoms with Crippen LogP contribution in [0, 0.1) is 0 Å². The average Bonchev–Trinajstić information content (AvgIpc) is 2.10. The largest absolute Gasteiger partial charge is 0.316 e. The van der Waals surface area contributed by atoms with Gasteiger partial charge in [-0.15, -0.1) is 35.6 Å². The second kappa shape index (κ2) is 15.3. The molecule has 0 amide bonds. The smallest absolute Gasteiger partial charge is 0.0348 e. The number of halogens is 3. The fraction of sp³-hybridized carbons (Fsp3) is 1.00. The van der Waals surface area contributed by atoms with Crippen LogP contribution in [0.5, 0.6) is 0 Å². The summed E-state index contributed by atoms with van der Waals surface area (Å²) in [5, 5.41) is 6.48. The Balaban J connectivity index is 0. The molecular formula is C8H19Cl3N2. The van der Waals surface area contributed by atoms with Gasteiger partial charge in [-0.2, -0.15) is 0 Å². The van der Waals surface area contributed by atoms with Crippen molar-refractivity contribution in [3.05, 3.63) is 0 Å². The van der Waals surface area contributed by atoms with E-state index < -0.39 is 0 Å². The molecule has 0 bridgehead atoms. The SMILES string of the molecule is Cl.ClCCNCCCCNCCCl. The summed E-state index contributed by atoms with van der Waals surface area (Å²) in [4.78, 5) is 0. The topological polar surface area (TPSA) is 24.1 Å². The first-order chi connectivity index (χ1) is 5.91. The van der Waals surface area contributed by atoms with Crippen LogP contribution < -0.4 is 10.6 Å². The number of nitrogens with one attached hydrogen (secondary N) is 2. The number of alkyl halides is 2. The predicted molar refractivity (Wildman–Crippen MR) is 63.7 cm³/mol. The fourth-order valence-corrected chi connectivity index (χ4v) is 1.15. The highest BCUT2D eigenvalue weighted by molar-refractivity contribution is 6.18. The highest BCUT2D eigenvalue weighted by atomic mass is 35.5. The van der Waals surface area contributed by atoms with Crippen molar-refractivity contribution in [1.82, 2.24) is 10.6 Å². The maximum absolute atomic E-state index is 5.49. The van der Waals surface area contributed by atoms with Gasteiger partial charge in [0.15, 0.2) is 0 Å². The Kier molecular flexibility index (Phi) is 19.1. The maximum Gasteiger partial charge on any atom is 0.0348 e. The molecule has 0 aromatic rings. The molecule has 13 heavy (non-hydrogen) atoms. The van der Waals surface area contributed by atoms with Gasteiger partial charge >= 0.3 is 0 Å². The van der Waals surface area contributed by atoms with E-state index in [-0.39, 0.29) is 12.4 Å². The third-order valence-corrected chi connectivity index (χ3v) is 1.88. The zero-order chi connectivity index (χ0) is 9.07. The number of hydrogen-bond donors (Lipinski definition) is 2. The second-order valence-electron chi connectivity index (χ2n) is 2.59. The highest BCUT2D eigenvalue weighted by Gasteiger charge is 1.88. The minimum atomic E-state index is 0. The Morgan fingerprint density at radius 1 is 0.692 bits per heavy atom. The van der Waals surface area contributed by atoms with Crippen LogP contribution in [0.25, 0.3) is 0 Å². The van der Waals surface area contributed by atoms with Crippen molar-refractivity contribution < 1.29 is 0 Å². The van der Waals surface area contributed by atoms with E-state index in [1.807, 2.05) is 0 Å². The predicted octanol–water partition coefficient (Wildman–Crippen LogP) is 1.85. The van der Waals surface area contributed by atoms with E-state index in [2.05, 4.69) is 10.6 Å². The number of hydrogen-bond acceptors (Lipinski definition) is 2. The molecule has 0 aliphatic heterocycles. The van der Waals surface area contributed by atoms with E-state index in [0.29, 0.717) is 11.8 Å². The maximum atomic E-state index is 5.49. The molecule has 5 heteroatoms. The van der Waals surface area contributed by atoms with Crippen LogP contribution >= 0.6 is 35.6 Å². The zero-order valence-electron chi connectivity index (χ0n) is 7.82. The van der Waals surface area contributed by atoms with Crippen LogP contribution in [-0.4, -0.2) is 37.9 Å². The summed E-state index contributed by atoms with van der Waals surface area (Å²) in [7, 11) is 0. The molecule has 0 unspecified atom stereocenters. The summed E-state index contributed by atoms with van der Waals surface area (Å²) in [6, 6.07) is 0. The van der Waals surface area contributed by atoms with Crippen molar-refractivity contribution in [2.45, 2.75) is 12.8 Å². The van der Waals surface area contributed by atoms with Gasteiger partial charge < -0.3 is 10.6 Å². The number of unbranched alkanes of at least 4 members (excludes halogenated alkanes) is 1. The molecule has 0 rings (SSSR count). The van der Waals surface area contributed by atoms with Gasteiger partial charge in [-0.3, -0.25) is 0 Å². The van der Waals surface area contributed by atoms with Crippen molar-refractivity contribution in [2.24, 2.45) is 0 Å². The quantitative estimate of drug-likeness (QED) is 0.481. The summed E-state index contributed by atoms with van der Waals surface area (Å²) >= 11 is 11.0. The standard InChI is InChI=1S/C8H18Cl2N2.ClH/c9-3-7-11-5-1-2-6-12-8-4-10;/h11-12H,1-8H2;1H. The molecule has 0 saturated carbocycles. The summed E-state index contributed by atoms with van der Waals surface area (Å²) < 4.78 is 0. The Hall–Kier alpha value is 0.790. The molecule has 0 aliphatic rings. The van der Waals surface area contributed by atoms with Crippen LogP contribution in [0.3, 0.4) is 0 Å². The lowest BCUT2D eigenvalue weighted by molar-refractivity contribution is 0.603. The summed E-state index contributed by atoms with van der Waals surface area (Å²) in [6.45, 7) is 3.96. The van der Waals surface area contributed by atoms with E-state index in [9.17, 15) is 0 Å². The third-order valence-electron chi connectivity index (χ3n) is 1.50. The van der Waals surface area contributed by atoms with Crippen LogP contribution in [0.1, 0.15) is 12.8 Å². The van der Waals surface area contributed by atoms with Gasteiger partial charge in [0, 0.05) is 24.8 Å². The molecule has 0 radical (unpaired) electrons. The molecule has 2 nitrogen and oxygen atoms in total. The lowest BCUT2D eigenvalue weighted by Gasteiger charge is -2.03. The van der Waals surface area contributed by atoms with Gasteiger partial charge in [-0.25, -0.2) is 0 Å². The van der Waals surface area contributed by atoms with Gasteiger partial charge in [0.1, 0.15) is 0 Å². The summed E-state index contributed by atoms with van der Waals surface area (Å²) in [6.07, 6.45) is 2.40. The summed E-state index contributed by atoms with van der Waals surface area (Å²) in [5.41, 5.74) is 0. The Bertz CT molecular complexity index is 73.8. The Morgan fingerprint density at radius 2 is 1.08 bits per heavy atom. The molecule has 0 fully saturated rings. The second-order valence-corrected chi connectivity index (χ2v) is 3.34. The van der Waals surface area contributed by atoms with Crippen LogP contribution in [0.2, 0.25) is 0 Å². The molecule has 0 aliphatic carbocycles. The molecule has 0 spiro atoms. The van der Waals surface area contributed by atoms with E-state index in [1.165, 1.54) is 12.8 Å². The average molecular weight is 250 g/mol. The van der Waals surface area contributed by atoms with Gasteiger partial charge in [0.2, 0.25) is 0 Å². The molecule has 0 saturated heterocycles. The van der Waals surface area contributed by atoms with Gasteiger partial charge in [-0.05, 0) is 25.9 Å². The highest BCUT2D eigenvalue weighted by Crippen LogP contribution is 1.84. The lowest BCUT2D eigenvalue weighted by Crippen LogP contribution is -2.21. The van der Waals surface area contributed by atoms with Crippen LogP contribution in [-0.2, 0) is 0 Å². The molecule has 82 valence electrons. The van der Waals surface area contributed by atoms with Crippen molar-refractivity contribution in [3.63, 3.8) is 0 Å². The van der Waals surface area contributed by atoms with Crippen molar-refractivity contribution in [1.29, 1.82) is 0 Å². The minimum Gasteiger partial charge on any atom is -0.316 e. The van der Waals surface area contributed by atoms with Gasteiger partial charge in [0.05, 0.1) is 0 Å². The fourth-order valence-electron chi connectivity index (χ4n) is 0.884. The lowest BCUT2D eigenvalue weighted by atomic mass is 10.3. The third kappa shape index (κ3) is 15.5. The first-order valence-corrected chi connectivity index (χ1v) is 5.52. The minimum absolute atomic E-state index is 0.